The minimum atomic E-state index is 0.690. The normalized spacial score (nSPS) is 12.8. The molecule has 0 fully saturated rings. The van der Waals surface area contributed by atoms with Gasteiger partial charge in [0.05, 0.1) is 0 Å². The van der Waals surface area contributed by atoms with Crippen LogP contribution in [0.3, 0.4) is 0 Å². The highest BCUT2D eigenvalue weighted by Crippen LogP contribution is 2.21. The molecule has 0 bridgehead atoms. The van der Waals surface area contributed by atoms with Gasteiger partial charge in [-0.25, -0.2) is 0 Å². The average molecular weight is 275 g/mol. The Morgan fingerprint density at radius 2 is 1.50 bits per heavy atom. The quantitative estimate of drug-likeness (QED) is 0.585. The van der Waals surface area contributed by atoms with Crippen molar-refractivity contribution in [1.29, 1.82) is 0 Å². The van der Waals surface area contributed by atoms with Gasteiger partial charge >= 0.3 is 0 Å². The molecule has 20 heavy (non-hydrogen) atoms. The van der Waals surface area contributed by atoms with E-state index >= 15 is 0 Å². The summed E-state index contributed by atoms with van der Waals surface area (Å²) in [7, 11) is 0. The van der Waals surface area contributed by atoms with E-state index in [0.29, 0.717) is 6.04 Å². The molecular weight excluding hydrogens is 242 g/mol. The van der Waals surface area contributed by atoms with Crippen LogP contribution < -0.4 is 5.32 Å². The van der Waals surface area contributed by atoms with Gasteiger partial charge in [-0.15, -0.1) is 0 Å². The van der Waals surface area contributed by atoms with E-state index in [1.165, 1.54) is 50.5 Å². The van der Waals surface area contributed by atoms with Gasteiger partial charge in [-0.05, 0) is 50.1 Å². The summed E-state index contributed by atoms with van der Waals surface area (Å²) >= 11 is 0. The molecule has 1 nitrogen and oxygen atoms in total. The lowest BCUT2D eigenvalue weighted by atomic mass is 9.87. The maximum absolute atomic E-state index is 3.81. The zero-order valence-electron chi connectivity index (χ0n) is 13.7. The molecule has 114 valence electrons. The van der Waals surface area contributed by atoms with E-state index < -0.39 is 0 Å². The standard InChI is InChI=1S/C19H33N/c1-4-10-18(11-5-2)19(20-16-6-3)15-14-17-12-8-7-9-13-17/h7-9,12-13,18-20H,4-6,10-11,14-16H2,1-3H3. The Morgan fingerprint density at radius 3 is 2.05 bits per heavy atom. The largest absolute Gasteiger partial charge is 0.314 e. The first kappa shape index (κ1) is 17.2. The molecule has 0 aromatic heterocycles. The third-order valence-corrected chi connectivity index (χ3v) is 4.13. The van der Waals surface area contributed by atoms with Gasteiger partial charge in [0.25, 0.3) is 0 Å². The molecule has 0 heterocycles. The first-order valence-electron chi connectivity index (χ1n) is 8.59. The lowest BCUT2D eigenvalue weighted by molar-refractivity contribution is 0.297. The second-order valence-corrected chi connectivity index (χ2v) is 5.92. The lowest BCUT2D eigenvalue weighted by Crippen LogP contribution is -2.37. The third-order valence-electron chi connectivity index (χ3n) is 4.13. The van der Waals surface area contributed by atoms with Gasteiger partial charge < -0.3 is 5.32 Å². The highest BCUT2D eigenvalue weighted by molar-refractivity contribution is 5.14. The van der Waals surface area contributed by atoms with E-state index in [0.717, 1.165) is 12.5 Å². The Hall–Kier alpha value is -0.820. The zero-order chi connectivity index (χ0) is 14.6. The van der Waals surface area contributed by atoms with Crippen molar-refractivity contribution in [2.75, 3.05) is 6.54 Å². The number of hydrogen-bond acceptors (Lipinski definition) is 1. The third kappa shape index (κ3) is 6.56. The Labute approximate surface area is 126 Å². The van der Waals surface area contributed by atoms with E-state index in [4.69, 9.17) is 0 Å². The molecule has 0 spiro atoms. The Bertz CT molecular complexity index is 314. The first-order chi connectivity index (χ1) is 9.81. The van der Waals surface area contributed by atoms with Crippen molar-refractivity contribution in [2.24, 2.45) is 5.92 Å². The molecule has 0 aliphatic carbocycles. The monoisotopic (exact) mass is 275 g/mol. The van der Waals surface area contributed by atoms with E-state index in [9.17, 15) is 0 Å². The van der Waals surface area contributed by atoms with Gasteiger partial charge in [0.1, 0.15) is 0 Å². The lowest BCUT2D eigenvalue weighted by Gasteiger charge is -2.28. The molecule has 1 aromatic carbocycles. The second kappa shape index (κ2) is 10.9. The van der Waals surface area contributed by atoms with Crippen LogP contribution in [0.4, 0.5) is 0 Å². The van der Waals surface area contributed by atoms with Crippen LogP contribution in [0.1, 0.15) is 64.9 Å². The maximum atomic E-state index is 3.81. The van der Waals surface area contributed by atoms with Crippen LogP contribution in [0, 0.1) is 5.92 Å². The predicted molar refractivity (Wildman–Crippen MR) is 90.2 cm³/mol. The topological polar surface area (TPSA) is 12.0 Å². The van der Waals surface area contributed by atoms with Crippen molar-refractivity contribution < 1.29 is 0 Å². The molecular formula is C19H33N. The van der Waals surface area contributed by atoms with E-state index in [1.807, 2.05) is 0 Å². The molecule has 0 saturated heterocycles. The smallest absolute Gasteiger partial charge is 0.00984 e. The fourth-order valence-electron chi connectivity index (χ4n) is 3.09. The number of nitrogens with one attached hydrogen (secondary N) is 1. The van der Waals surface area contributed by atoms with Crippen LogP contribution in [0.2, 0.25) is 0 Å². The fraction of sp³-hybridized carbons (Fsp3) is 0.684. The Kier molecular flexibility index (Phi) is 9.40. The molecule has 0 aliphatic rings. The van der Waals surface area contributed by atoms with Crippen LogP contribution in [0.15, 0.2) is 30.3 Å². The maximum Gasteiger partial charge on any atom is 0.00984 e. The summed E-state index contributed by atoms with van der Waals surface area (Å²) in [5.74, 6) is 0.847. The summed E-state index contributed by atoms with van der Waals surface area (Å²) in [5, 5.41) is 3.81. The summed E-state index contributed by atoms with van der Waals surface area (Å²) in [6.45, 7) is 8.05. The second-order valence-electron chi connectivity index (χ2n) is 5.92. The molecule has 0 aliphatic heterocycles. The van der Waals surface area contributed by atoms with Gasteiger partial charge in [0.2, 0.25) is 0 Å². The van der Waals surface area contributed by atoms with Crippen LogP contribution >= 0.6 is 0 Å². The van der Waals surface area contributed by atoms with Gasteiger partial charge in [0, 0.05) is 6.04 Å². The van der Waals surface area contributed by atoms with E-state index in [1.54, 1.807) is 0 Å². The Morgan fingerprint density at radius 1 is 0.850 bits per heavy atom. The molecule has 0 radical (unpaired) electrons. The van der Waals surface area contributed by atoms with Crippen LogP contribution in [-0.2, 0) is 6.42 Å². The number of rotatable bonds is 11. The minimum absolute atomic E-state index is 0.690. The summed E-state index contributed by atoms with van der Waals surface area (Å²) in [5.41, 5.74) is 1.47. The minimum Gasteiger partial charge on any atom is -0.314 e. The van der Waals surface area contributed by atoms with Crippen molar-refractivity contribution >= 4 is 0 Å². The molecule has 1 N–H and O–H groups in total. The van der Waals surface area contributed by atoms with Crippen molar-refractivity contribution in [3.05, 3.63) is 35.9 Å². The highest BCUT2D eigenvalue weighted by atomic mass is 14.9. The molecule has 1 heteroatoms. The molecule has 0 saturated carbocycles. The van der Waals surface area contributed by atoms with Crippen molar-refractivity contribution in [2.45, 2.75) is 71.8 Å². The number of hydrogen-bond donors (Lipinski definition) is 1. The van der Waals surface area contributed by atoms with E-state index in [2.05, 4.69) is 56.4 Å². The molecule has 1 atom stereocenters. The number of benzene rings is 1. The average Bonchev–Trinajstić information content (AvgIpc) is 2.48. The van der Waals surface area contributed by atoms with Gasteiger partial charge in [0.15, 0.2) is 0 Å². The van der Waals surface area contributed by atoms with E-state index in [-0.39, 0.29) is 0 Å². The van der Waals surface area contributed by atoms with Crippen molar-refractivity contribution in [3.8, 4) is 0 Å². The summed E-state index contributed by atoms with van der Waals surface area (Å²) < 4.78 is 0. The molecule has 1 rings (SSSR count). The number of aryl methyl sites for hydroxylation is 1. The summed E-state index contributed by atoms with van der Waals surface area (Å²) in [6, 6.07) is 11.6. The fourth-order valence-corrected chi connectivity index (χ4v) is 3.09. The SMILES string of the molecule is CCCNC(CCc1ccccc1)C(CCC)CCC. The van der Waals surface area contributed by atoms with Crippen molar-refractivity contribution in [3.63, 3.8) is 0 Å². The van der Waals surface area contributed by atoms with Crippen molar-refractivity contribution in [1.82, 2.24) is 5.32 Å². The Balaban J connectivity index is 2.56. The van der Waals surface area contributed by atoms with Crippen LogP contribution in [0.5, 0.6) is 0 Å². The zero-order valence-corrected chi connectivity index (χ0v) is 13.7. The molecule has 0 amide bonds. The van der Waals surface area contributed by atoms with Gasteiger partial charge in [-0.1, -0.05) is 63.9 Å². The van der Waals surface area contributed by atoms with Gasteiger partial charge in [-0.2, -0.15) is 0 Å². The first-order valence-corrected chi connectivity index (χ1v) is 8.59. The van der Waals surface area contributed by atoms with Crippen LogP contribution in [0.25, 0.3) is 0 Å². The summed E-state index contributed by atoms with van der Waals surface area (Å²) in [4.78, 5) is 0. The highest BCUT2D eigenvalue weighted by Gasteiger charge is 2.19. The van der Waals surface area contributed by atoms with Gasteiger partial charge in [-0.3, -0.25) is 0 Å². The molecule has 1 unspecified atom stereocenters. The van der Waals surface area contributed by atoms with Crippen LogP contribution in [-0.4, -0.2) is 12.6 Å². The predicted octanol–water partition coefficient (Wildman–Crippen LogP) is 5.20. The molecule has 1 aromatic rings. The summed E-state index contributed by atoms with van der Waals surface area (Å²) in [6.07, 6.45) is 9.04.